The zero-order chi connectivity index (χ0) is 19.0. The Balaban J connectivity index is 0.00000364. The van der Waals surface area contributed by atoms with Crippen LogP contribution in [0.15, 0.2) is 29.3 Å². The number of ether oxygens (including phenoxy) is 1. The second kappa shape index (κ2) is 12.0. The van der Waals surface area contributed by atoms with Crippen LogP contribution in [0.3, 0.4) is 0 Å². The summed E-state index contributed by atoms with van der Waals surface area (Å²) in [6.07, 6.45) is 0. The fourth-order valence-corrected chi connectivity index (χ4v) is 5.29. The molecule has 1 aromatic rings. The standard InChI is InChI=1S/C17H28N4O3S2.HI/c1-18-17(20(2)14-15-6-4-5-7-16(15)24-3)19-8-13-26(22,23)21-9-11-25-12-10-21;/h4-7H,8-14H2,1-3H3,(H,18,19);1H. The molecule has 0 saturated carbocycles. The summed E-state index contributed by atoms with van der Waals surface area (Å²) in [4.78, 5) is 6.20. The molecule has 0 amide bonds. The monoisotopic (exact) mass is 528 g/mol. The molecule has 7 nitrogen and oxygen atoms in total. The van der Waals surface area contributed by atoms with E-state index in [0.29, 0.717) is 32.1 Å². The highest BCUT2D eigenvalue weighted by atomic mass is 127. The SMILES string of the molecule is CN=C(NCCS(=O)(=O)N1CCSCC1)N(C)Cc1ccccc1OC.I. The summed E-state index contributed by atoms with van der Waals surface area (Å²) in [5.74, 6) is 3.28. The lowest BCUT2D eigenvalue weighted by atomic mass is 10.2. The van der Waals surface area contributed by atoms with Gasteiger partial charge in [0.25, 0.3) is 0 Å². The molecule has 1 fully saturated rings. The summed E-state index contributed by atoms with van der Waals surface area (Å²) < 4.78 is 31.8. The van der Waals surface area contributed by atoms with Crippen molar-refractivity contribution >= 4 is 51.7 Å². The minimum absolute atomic E-state index is 0. The summed E-state index contributed by atoms with van der Waals surface area (Å²) in [7, 11) is 2.04. The second-order valence-corrected chi connectivity index (χ2v) is 9.28. The topological polar surface area (TPSA) is 74.2 Å². The van der Waals surface area contributed by atoms with Gasteiger partial charge in [0.15, 0.2) is 5.96 Å². The lowest BCUT2D eigenvalue weighted by Gasteiger charge is -2.26. The third kappa shape index (κ3) is 7.31. The number of nitrogens with zero attached hydrogens (tertiary/aromatic N) is 3. The van der Waals surface area contributed by atoms with Crippen LogP contribution in [-0.4, -0.2) is 81.7 Å². The molecule has 0 aliphatic carbocycles. The fourth-order valence-electron chi connectivity index (χ4n) is 2.79. The minimum Gasteiger partial charge on any atom is -0.496 e. The van der Waals surface area contributed by atoms with Crippen LogP contribution in [0.1, 0.15) is 5.56 Å². The first-order chi connectivity index (χ1) is 12.5. The van der Waals surface area contributed by atoms with E-state index in [1.54, 1.807) is 30.2 Å². The quantitative estimate of drug-likeness (QED) is 0.330. The molecule has 1 aliphatic rings. The van der Waals surface area contributed by atoms with E-state index < -0.39 is 10.0 Å². The molecule has 154 valence electrons. The molecule has 27 heavy (non-hydrogen) atoms. The van der Waals surface area contributed by atoms with E-state index in [1.807, 2.05) is 36.2 Å². The summed E-state index contributed by atoms with van der Waals surface area (Å²) in [5.41, 5.74) is 1.04. The van der Waals surface area contributed by atoms with Gasteiger partial charge in [-0.15, -0.1) is 24.0 Å². The maximum absolute atomic E-state index is 12.4. The minimum atomic E-state index is -3.22. The van der Waals surface area contributed by atoms with E-state index in [-0.39, 0.29) is 29.7 Å². The average Bonchev–Trinajstić information content (AvgIpc) is 2.66. The van der Waals surface area contributed by atoms with E-state index in [0.717, 1.165) is 22.8 Å². The van der Waals surface area contributed by atoms with Crippen LogP contribution in [0.25, 0.3) is 0 Å². The zero-order valence-electron chi connectivity index (χ0n) is 16.1. The maximum atomic E-state index is 12.4. The summed E-state index contributed by atoms with van der Waals surface area (Å²) in [6.45, 7) is 2.15. The molecule has 1 aliphatic heterocycles. The molecular formula is C17H29IN4O3S2. The number of thioether (sulfide) groups is 1. The normalized spacial score (nSPS) is 15.7. The lowest BCUT2D eigenvalue weighted by molar-refractivity contribution is 0.396. The number of nitrogens with one attached hydrogen (secondary N) is 1. The number of benzene rings is 1. The van der Waals surface area contributed by atoms with E-state index in [4.69, 9.17) is 4.74 Å². The first-order valence-corrected chi connectivity index (χ1v) is 11.3. The van der Waals surface area contributed by atoms with Gasteiger partial charge in [0.05, 0.1) is 12.9 Å². The van der Waals surface area contributed by atoms with Gasteiger partial charge in [-0.25, -0.2) is 12.7 Å². The number of hydrogen-bond donors (Lipinski definition) is 1. The molecule has 0 aromatic heterocycles. The number of para-hydroxylation sites is 1. The Morgan fingerprint density at radius 3 is 2.63 bits per heavy atom. The Morgan fingerprint density at radius 2 is 2.00 bits per heavy atom. The van der Waals surface area contributed by atoms with Crippen molar-refractivity contribution in [1.29, 1.82) is 0 Å². The van der Waals surface area contributed by atoms with Crippen molar-refractivity contribution in [3.8, 4) is 5.75 Å². The highest BCUT2D eigenvalue weighted by Crippen LogP contribution is 2.18. The zero-order valence-corrected chi connectivity index (χ0v) is 20.0. The van der Waals surface area contributed by atoms with E-state index in [9.17, 15) is 8.42 Å². The van der Waals surface area contributed by atoms with Crippen LogP contribution in [-0.2, 0) is 16.6 Å². The van der Waals surface area contributed by atoms with Crippen molar-refractivity contribution in [2.75, 3.05) is 58.1 Å². The van der Waals surface area contributed by atoms with Gasteiger partial charge < -0.3 is 15.0 Å². The fraction of sp³-hybridized carbons (Fsp3) is 0.588. The number of methoxy groups -OCH3 is 1. The molecule has 0 spiro atoms. The van der Waals surface area contributed by atoms with Gasteiger partial charge in [-0.2, -0.15) is 11.8 Å². The van der Waals surface area contributed by atoms with Gasteiger partial charge >= 0.3 is 0 Å². The summed E-state index contributed by atoms with van der Waals surface area (Å²) in [5, 5.41) is 3.15. The summed E-state index contributed by atoms with van der Waals surface area (Å²) in [6, 6.07) is 7.81. The van der Waals surface area contributed by atoms with Crippen LogP contribution in [0.4, 0.5) is 0 Å². The highest BCUT2D eigenvalue weighted by Gasteiger charge is 2.23. The third-order valence-electron chi connectivity index (χ3n) is 4.18. The highest BCUT2D eigenvalue weighted by molar-refractivity contribution is 14.0. The van der Waals surface area contributed by atoms with E-state index in [1.165, 1.54) is 0 Å². The summed E-state index contributed by atoms with van der Waals surface area (Å²) >= 11 is 1.80. The Morgan fingerprint density at radius 1 is 1.33 bits per heavy atom. The molecule has 1 aromatic carbocycles. The number of aliphatic imine (C=N–C) groups is 1. The number of guanidine groups is 1. The second-order valence-electron chi connectivity index (χ2n) is 5.97. The molecule has 0 radical (unpaired) electrons. The molecule has 10 heteroatoms. The molecule has 0 bridgehead atoms. The van der Waals surface area contributed by atoms with Crippen LogP contribution in [0.2, 0.25) is 0 Å². The molecule has 1 saturated heterocycles. The Hall–Kier alpha value is -0.720. The predicted octanol–water partition coefficient (Wildman–Crippen LogP) is 1.70. The Kier molecular flexibility index (Phi) is 10.8. The van der Waals surface area contributed by atoms with Crippen molar-refractivity contribution in [3.05, 3.63) is 29.8 Å². The molecule has 1 heterocycles. The van der Waals surface area contributed by atoms with Gasteiger partial charge in [-0.1, -0.05) is 18.2 Å². The molecule has 0 unspecified atom stereocenters. The average molecular weight is 528 g/mol. The van der Waals surface area contributed by atoms with Gasteiger partial charge in [0.1, 0.15) is 5.75 Å². The van der Waals surface area contributed by atoms with Crippen LogP contribution in [0.5, 0.6) is 5.75 Å². The van der Waals surface area contributed by atoms with Crippen LogP contribution in [0, 0.1) is 0 Å². The first-order valence-electron chi connectivity index (χ1n) is 8.57. The van der Waals surface area contributed by atoms with Crippen molar-refractivity contribution in [2.24, 2.45) is 4.99 Å². The smallest absolute Gasteiger partial charge is 0.215 e. The van der Waals surface area contributed by atoms with E-state index in [2.05, 4.69) is 10.3 Å². The van der Waals surface area contributed by atoms with Gasteiger partial charge in [0, 0.05) is 57.3 Å². The van der Waals surface area contributed by atoms with E-state index >= 15 is 0 Å². The number of rotatable bonds is 7. The first kappa shape index (κ1) is 24.3. The number of sulfonamides is 1. The van der Waals surface area contributed by atoms with Crippen LogP contribution < -0.4 is 10.1 Å². The van der Waals surface area contributed by atoms with Crippen molar-refractivity contribution in [1.82, 2.24) is 14.5 Å². The molecular weight excluding hydrogens is 499 g/mol. The van der Waals surface area contributed by atoms with Crippen LogP contribution >= 0.6 is 35.7 Å². The van der Waals surface area contributed by atoms with Gasteiger partial charge in [0.2, 0.25) is 10.0 Å². The van der Waals surface area contributed by atoms with Gasteiger partial charge in [-0.3, -0.25) is 4.99 Å². The van der Waals surface area contributed by atoms with Crippen molar-refractivity contribution in [2.45, 2.75) is 6.54 Å². The largest absolute Gasteiger partial charge is 0.496 e. The Labute approximate surface area is 184 Å². The van der Waals surface area contributed by atoms with Gasteiger partial charge in [-0.05, 0) is 6.07 Å². The predicted molar refractivity (Wildman–Crippen MR) is 124 cm³/mol. The van der Waals surface area contributed by atoms with Crippen molar-refractivity contribution in [3.63, 3.8) is 0 Å². The number of halogens is 1. The third-order valence-corrected chi connectivity index (χ3v) is 6.99. The Bertz CT molecular complexity index is 710. The maximum Gasteiger partial charge on any atom is 0.215 e. The number of hydrogen-bond acceptors (Lipinski definition) is 5. The molecule has 0 atom stereocenters. The van der Waals surface area contributed by atoms with Crippen molar-refractivity contribution < 1.29 is 13.2 Å². The molecule has 2 rings (SSSR count). The molecule has 1 N–H and O–H groups in total. The lowest BCUT2D eigenvalue weighted by Crippen LogP contribution is -2.44.